The van der Waals surface area contributed by atoms with Crippen molar-refractivity contribution in [3.63, 3.8) is 0 Å². The number of fused-ring (bicyclic) bond motifs is 1. The van der Waals surface area contributed by atoms with Crippen LogP contribution in [0.2, 0.25) is 0 Å². The van der Waals surface area contributed by atoms with Gasteiger partial charge in [0.1, 0.15) is 23.2 Å². The summed E-state index contributed by atoms with van der Waals surface area (Å²) in [6, 6.07) is 17.2. The summed E-state index contributed by atoms with van der Waals surface area (Å²) in [5.41, 5.74) is 0.000725. The Hall–Kier alpha value is -3.83. The molecule has 9 nitrogen and oxygen atoms in total. The first kappa shape index (κ1) is 25.8. The highest BCUT2D eigenvalue weighted by Gasteiger charge is 2.46. The minimum Gasteiger partial charge on any atom is -0.388 e. The number of carbonyl (C=O) groups is 2. The van der Waals surface area contributed by atoms with Gasteiger partial charge >= 0.3 is 0 Å². The number of amides is 2. The average Bonchev–Trinajstić information content (AvgIpc) is 3.32. The second kappa shape index (κ2) is 10.1. The van der Waals surface area contributed by atoms with Gasteiger partial charge in [-0.2, -0.15) is 4.31 Å². The highest BCUT2D eigenvalue weighted by molar-refractivity contribution is 7.89. The quantitative estimate of drug-likeness (QED) is 0.499. The smallest absolute Gasteiger partial charge is 0.269 e. The van der Waals surface area contributed by atoms with E-state index in [1.807, 2.05) is 36.4 Å². The maximum absolute atomic E-state index is 13.2. The van der Waals surface area contributed by atoms with Gasteiger partial charge in [0.05, 0.1) is 4.90 Å². The highest BCUT2D eigenvalue weighted by Crippen LogP contribution is 2.36. The molecule has 1 unspecified atom stereocenters. The maximum Gasteiger partial charge on any atom is 0.269 e. The zero-order valence-corrected chi connectivity index (χ0v) is 21.5. The predicted molar refractivity (Wildman–Crippen MR) is 140 cm³/mol. The number of nitrogens with zero attached hydrogens (tertiary/aromatic N) is 2. The molecule has 1 fully saturated rings. The summed E-state index contributed by atoms with van der Waals surface area (Å²) >= 11 is 0. The molecule has 198 valence electrons. The standard InChI is InChI=1S/C27H27FN4O5S/c1-18(25(33)30-22-9-6-19-4-2-3-5-20(19)16-22)29-26(34)24-17-27(37-31-24)12-14-32(15-13-27)38(35,36)23-10-7-21(28)8-11-23/h2-11,16,18H,12-15,17H2,1H3,(H,29,34)(H,30,33). The average molecular weight is 539 g/mol. The van der Waals surface area contributed by atoms with Crippen molar-refractivity contribution in [1.29, 1.82) is 0 Å². The van der Waals surface area contributed by atoms with Gasteiger partial charge in [-0.3, -0.25) is 9.59 Å². The van der Waals surface area contributed by atoms with Crippen molar-refractivity contribution < 1.29 is 27.2 Å². The van der Waals surface area contributed by atoms with Gasteiger partial charge in [0.2, 0.25) is 15.9 Å². The van der Waals surface area contributed by atoms with E-state index in [-0.39, 0.29) is 36.0 Å². The number of benzene rings is 3. The van der Waals surface area contributed by atoms with Crippen LogP contribution in [0.3, 0.4) is 0 Å². The van der Waals surface area contributed by atoms with Crippen molar-refractivity contribution in [3.8, 4) is 0 Å². The first-order chi connectivity index (χ1) is 18.1. The molecular weight excluding hydrogens is 511 g/mol. The third-order valence-electron chi connectivity index (χ3n) is 6.94. The Balaban J connectivity index is 1.14. The molecule has 0 aliphatic carbocycles. The molecule has 5 rings (SSSR count). The first-order valence-electron chi connectivity index (χ1n) is 12.3. The number of anilines is 1. The van der Waals surface area contributed by atoms with Crippen molar-refractivity contribution in [2.45, 2.75) is 42.7 Å². The molecule has 3 aromatic rings. The number of oxime groups is 1. The zero-order valence-electron chi connectivity index (χ0n) is 20.7. The summed E-state index contributed by atoms with van der Waals surface area (Å²) in [4.78, 5) is 31.1. The Kier molecular flexibility index (Phi) is 6.89. The van der Waals surface area contributed by atoms with Crippen LogP contribution in [-0.2, 0) is 24.4 Å². The molecule has 38 heavy (non-hydrogen) atoms. The number of hydrogen-bond acceptors (Lipinski definition) is 6. The molecule has 1 spiro atoms. The highest BCUT2D eigenvalue weighted by atomic mass is 32.2. The molecule has 2 aliphatic heterocycles. The Labute approximate surface area is 219 Å². The van der Waals surface area contributed by atoms with Crippen LogP contribution < -0.4 is 10.6 Å². The second-order valence-electron chi connectivity index (χ2n) is 9.59. The van der Waals surface area contributed by atoms with Gasteiger partial charge in [-0.15, -0.1) is 0 Å². The van der Waals surface area contributed by atoms with E-state index in [0.717, 1.165) is 22.9 Å². The lowest BCUT2D eigenvalue weighted by molar-refractivity contribution is -0.122. The van der Waals surface area contributed by atoms with Crippen LogP contribution in [0.1, 0.15) is 26.2 Å². The third kappa shape index (κ3) is 5.25. The molecular formula is C27H27FN4O5S. The number of sulfonamides is 1. The maximum atomic E-state index is 13.2. The number of carbonyl (C=O) groups excluding carboxylic acids is 2. The van der Waals surface area contributed by atoms with E-state index in [9.17, 15) is 22.4 Å². The van der Waals surface area contributed by atoms with Crippen LogP contribution in [0.5, 0.6) is 0 Å². The predicted octanol–water partition coefficient (Wildman–Crippen LogP) is 3.42. The van der Waals surface area contributed by atoms with Gasteiger partial charge in [0.25, 0.3) is 5.91 Å². The van der Waals surface area contributed by atoms with E-state index < -0.39 is 33.4 Å². The van der Waals surface area contributed by atoms with Crippen LogP contribution in [-0.4, -0.2) is 55.0 Å². The number of rotatable bonds is 6. The SMILES string of the molecule is CC(NC(=O)C1=NOC2(CCN(S(=O)(=O)c3ccc(F)cc3)CC2)C1)C(=O)Nc1ccc2ccccc2c1. The van der Waals surface area contributed by atoms with Crippen LogP contribution in [0.15, 0.2) is 76.8 Å². The van der Waals surface area contributed by atoms with E-state index in [2.05, 4.69) is 15.8 Å². The van der Waals surface area contributed by atoms with Crippen LogP contribution in [0.25, 0.3) is 10.8 Å². The fraction of sp³-hybridized carbons (Fsp3) is 0.296. The second-order valence-corrected chi connectivity index (χ2v) is 11.5. The molecule has 1 saturated heterocycles. The molecule has 2 heterocycles. The Bertz CT molecular complexity index is 1520. The van der Waals surface area contributed by atoms with Crippen molar-refractivity contribution in [3.05, 3.63) is 72.5 Å². The minimum absolute atomic E-state index is 0.0226. The lowest BCUT2D eigenvalue weighted by atomic mass is 9.87. The molecule has 0 radical (unpaired) electrons. The fourth-order valence-electron chi connectivity index (χ4n) is 4.66. The van der Waals surface area contributed by atoms with Gasteiger partial charge in [0.15, 0.2) is 0 Å². The molecule has 0 aromatic heterocycles. The van der Waals surface area contributed by atoms with E-state index >= 15 is 0 Å². The number of piperidine rings is 1. The summed E-state index contributed by atoms with van der Waals surface area (Å²) in [7, 11) is -3.77. The Morgan fingerprint density at radius 3 is 2.42 bits per heavy atom. The summed E-state index contributed by atoms with van der Waals surface area (Å²) < 4.78 is 40.3. The van der Waals surface area contributed by atoms with E-state index in [0.29, 0.717) is 18.5 Å². The van der Waals surface area contributed by atoms with Gasteiger partial charge in [-0.05, 0) is 54.1 Å². The lowest BCUT2D eigenvalue weighted by Gasteiger charge is -2.36. The van der Waals surface area contributed by atoms with Gasteiger partial charge in [-0.25, -0.2) is 12.8 Å². The minimum atomic E-state index is -3.77. The zero-order chi connectivity index (χ0) is 26.9. The monoisotopic (exact) mass is 538 g/mol. The van der Waals surface area contributed by atoms with Crippen LogP contribution in [0.4, 0.5) is 10.1 Å². The first-order valence-corrected chi connectivity index (χ1v) is 13.7. The molecule has 3 aromatic carbocycles. The lowest BCUT2D eigenvalue weighted by Crippen LogP contribution is -2.48. The Morgan fingerprint density at radius 2 is 1.71 bits per heavy atom. The summed E-state index contributed by atoms with van der Waals surface area (Å²) in [5.74, 6) is -1.39. The summed E-state index contributed by atoms with van der Waals surface area (Å²) in [6.45, 7) is 1.93. The van der Waals surface area contributed by atoms with Gasteiger partial charge in [-0.1, -0.05) is 35.5 Å². The van der Waals surface area contributed by atoms with Crippen molar-refractivity contribution in [1.82, 2.24) is 9.62 Å². The normalized spacial score (nSPS) is 18.0. The summed E-state index contributed by atoms with van der Waals surface area (Å²) in [6.07, 6.45) is 0.889. The molecule has 0 bridgehead atoms. The van der Waals surface area contributed by atoms with Crippen LogP contribution in [0, 0.1) is 5.82 Å². The number of hydrogen-bond donors (Lipinski definition) is 2. The van der Waals surface area contributed by atoms with E-state index in [4.69, 9.17) is 4.84 Å². The Morgan fingerprint density at radius 1 is 1.03 bits per heavy atom. The van der Waals surface area contributed by atoms with Crippen molar-refractivity contribution in [2.75, 3.05) is 18.4 Å². The van der Waals surface area contributed by atoms with Gasteiger partial charge < -0.3 is 15.5 Å². The molecule has 2 N–H and O–H groups in total. The largest absolute Gasteiger partial charge is 0.388 e. The van der Waals surface area contributed by atoms with Gasteiger partial charge in [0, 0.05) is 38.0 Å². The fourth-order valence-corrected chi connectivity index (χ4v) is 6.11. The van der Waals surface area contributed by atoms with Crippen LogP contribution >= 0.6 is 0 Å². The third-order valence-corrected chi connectivity index (χ3v) is 8.86. The molecule has 0 saturated carbocycles. The van der Waals surface area contributed by atoms with Crippen molar-refractivity contribution in [2.24, 2.45) is 5.16 Å². The molecule has 1 atom stereocenters. The van der Waals surface area contributed by atoms with E-state index in [1.54, 1.807) is 13.0 Å². The molecule has 2 amide bonds. The van der Waals surface area contributed by atoms with E-state index in [1.165, 1.54) is 16.4 Å². The summed E-state index contributed by atoms with van der Waals surface area (Å²) in [5, 5.41) is 11.5. The molecule has 11 heteroatoms. The van der Waals surface area contributed by atoms with Crippen molar-refractivity contribution >= 4 is 44.0 Å². The molecule has 2 aliphatic rings. The topological polar surface area (TPSA) is 117 Å². The number of nitrogens with one attached hydrogen (secondary N) is 2. The number of halogens is 1.